The normalized spacial score (nSPS) is 12.4. The zero-order valence-corrected chi connectivity index (χ0v) is 32.1. The number of hydrogen-bond acceptors (Lipinski definition) is 11. The van der Waals surface area contributed by atoms with Gasteiger partial charge in [0.25, 0.3) is 40.3 Å². The van der Waals surface area contributed by atoms with E-state index in [0.29, 0.717) is 21.9 Å². The molecule has 0 fully saturated rings. The third-order valence-electron chi connectivity index (χ3n) is 8.41. The number of fused-ring (bicyclic) bond motifs is 2. The summed E-state index contributed by atoms with van der Waals surface area (Å²) in [6.45, 7) is 3.13. The molecule has 0 atom stereocenters. The summed E-state index contributed by atoms with van der Waals surface area (Å²) in [5.41, 5.74) is 1.45. The van der Waals surface area contributed by atoms with Crippen LogP contribution in [-0.2, 0) is 40.3 Å². The fraction of sp³-hybridized carbons (Fsp3) is 0.0571. The molecule has 0 aromatic heterocycles. The summed E-state index contributed by atoms with van der Waals surface area (Å²) in [5.74, 6) is -1.44. The number of nitrogens with one attached hydrogen (secondary N) is 4. The van der Waals surface area contributed by atoms with Crippen LogP contribution in [0.25, 0.3) is 21.5 Å². The highest BCUT2D eigenvalue weighted by Gasteiger charge is 2.21. The van der Waals surface area contributed by atoms with Crippen LogP contribution >= 0.6 is 0 Å². The van der Waals surface area contributed by atoms with Crippen molar-refractivity contribution >= 4 is 90.6 Å². The highest BCUT2D eigenvalue weighted by Crippen LogP contribution is 2.33. The van der Waals surface area contributed by atoms with Crippen LogP contribution in [0.15, 0.2) is 117 Å². The van der Waals surface area contributed by atoms with Crippen molar-refractivity contribution in [2.75, 3.05) is 20.1 Å². The molecular formula is C35H30N4O13S4. The smallest absolute Gasteiger partial charge is 0.323 e. The molecule has 0 radical (unpaired) electrons. The Morgan fingerprint density at radius 1 is 0.482 bits per heavy atom. The lowest BCUT2D eigenvalue weighted by Crippen LogP contribution is -2.21. The molecule has 0 saturated heterocycles. The molecule has 6 aromatic rings. The molecule has 56 heavy (non-hydrogen) atoms. The minimum Gasteiger partial charge on any atom is -0.506 e. The zero-order chi connectivity index (χ0) is 41.0. The number of phenols is 2. The van der Waals surface area contributed by atoms with E-state index in [0.717, 1.165) is 24.3 Å². The molecule has 0 aliphatic carbocycles. The van der Waals surface area contributed by atoms with Gasteiger partial charge in [0.05, 0.1) is 9.79 Å². The molecule has 17 nitrogen and oxygen atoms in total. The fourth-order valence-corrected chi connectivity index (χ4v) is 9.13. The van der Waals surface area contributed by atoms with Crippen LogP contribution in [0.5, 0.6) is 11.5 Å². The number of benzene rings is 6. The quantitative estimate of drug-likeness (QED) is 0.0763. The third-order valence-corrected chi connectivity index (χ3v) is 12.9. The number of aryl methyl sites for hydroxylation is 2. The molecule has 2 amide bonds. The van der Waals surface area contributed by atoms with Gasteiger partial charge >= 0.3 is 6.03 Å². The lowest BCUT2D eigenvalue weighted by atomic mass is 10.1. The summed E-state index contributed by atoms with van der Waals surface area (Å²) in [6.07, 6.45) is 0. The number of carbonyl (C=O) groups excluding carboxylic acids is 1. The largest absolute Gasteiger partial charge is 0.506 e. The summed E-state index contributed by atoms with van der Waals surface area (Å²) >= 11 is 0. The van der Waals surface area contributed by atoms with Crippen molar-refractivity contribution in [3.63, 3.8) is 0 Å². The van der Waals surface area contributed by atoms with Gasteiger partial charge in [-0.3, -0.25) is 18.5 Å². The Labute approximate surface area is 320 Å². The Kier molecular flexibility index (Phi) is 10.1. The third kappa shape index (κ3) is 8.46. The molecule has 0 aliphatic rings. The second kappa shape index (κ2) is 14.3. The van der Waals surface area contributed by atoms with Crippen LogP contribution in [0.3, 0.4) is 0 Å². The van der Waals surface area contributed by atoms with Crippen molar-refractivity contribution in [1.82, 2.24) is 0 Å². The van der Waals surface area contributed by atoms with E-state index in [-0.39, 0.29) is 43.3 Å². The van der Waals surface area contributed by atoms with Gasteiger partial charge in [-0.1, -0.05) is 12.1 Å². The highest BCUT2D eigenvalue weighted by atomic mass is 32.2. The topological polar surface area (TPSA) is 283 Å². The Hall–Kier alpha value is -5.97. The van der Waals surface area contributed by atoms with Crippen molar-refractivity contribution in [1.29, 1.82) is 0 Å². The second-order valence-electron chi connectivity index (χ2n) is 12.5. The van der Waals surface area contributed by atoms with Crippen LogP contribution in [0.1, 0.15) is 11.1 Å². The van der Waals surface area contributed by atoms with Gasteiger partial charge in [-0.2, -0.15) is 16.8 Å². The van der Waals surface area contributed by atoms with Crippen molar-refractivity contribution in [3.8, 4) is 11.5 Å². The van der Waals surface area contributed by atoms with Crippen LogP contribution in [0.2, 0.25) is 0 Å². The maximum atomic E-state index is 13.2. The van der Waals surface area contributed by atoms with Gasteiger partial charge in [-0.15, -0.1) is 0 Å². The molecule has 292 valence electrons. The predicted octanol–water partition coefficient (Wildman–Crippen LogP) is 5.76. The van der Waals surface area contributed by atoms with Crippen LogP contribution in [0.4, 0.5) is 27.5 Å². The van der Waals surface area contributed by atoms with Gasteiger partial charge in [-0.25, -0.2) is 21.6 Å². The Bertz CT molecular complexity index is 2880. The van der Waals surface area contributed by atoms with Crippen LogP contribution in [-0.4, -0.2) is 59.0 Å². The van der Waals surface area contributed by atoms with Crippen molar-refractivity contribution < 1.29 is 57.8 Å². The van der Waals surface area contributed by atoms with E-state index in [2.05, 4.69) is 20.1 Å². The predicted molar refractivity (Wildman–Crippen MR) is 207 cm³/mol. The lowest BCUT2D eigenvalue weighted by molar-refractivity contribution is 0.262. The lowest BCUT2D eigenvalue weighted by Gasteiger charge is -2.15. The standard InChI is InChI=1S/C35H30N4O13S4/c1-19-11-27(53(43,44)38-25-5-3-21-17-33(55(47,48)49)31(40)15-23(21)13-25)7-9-29(19)36-35(42)37-30-10-8-28(12-20(30)2)54(45,46)39-26-6-4-22-18-34(56(50,51)52)32(41)16-24(22)14-26/h3-18,38-41H,1-2H3,(H2,36,37,42)(H,47,48,49)(H,50,51,52). The van der Waals surface area contributed by atoms with Crippen molar-refractivity contribution in [2.24, 2.45) is 0 Å². The van der Waals surface area contributed by atoms with Crippen molar-refractivity contribution in [3.05, 3.63) is 108 Å². The van der Waals surface area contributed by atoms with Gasteiger partial charge in [0.1, 0.15) is 21.3 Å². The summed E-state index contributed by atoms with van der Waals surface area (Å²) in [7, 11) is -17.7. The SMILES string of the molecule is Cc1cc(S(=O)(=O)Nc2ccc3cc(S(=O)(=O)O)c(O)cc3c2)ccc1NC(=O)Nc1ccc(S(=O)(=O)Nc2ccc3cc(S(=O)(=O)O)c(O)cc3c2)cc1C. The van der Waals surface area contributed by atoms with Crippen LogP contribution < -0.4 is 20.1 Å². The average Bonchev–Trinajstić information content (AvgIpc) is 3.08. The Morgan fingerprint density at radius 2 is 0.857 bits per heavy atom. The molecular weight excluding hydrogens is 813 g/mol. The molecule has 6 aromatic carbocycles. The summed E-state index contributed by atoms with van der Waals surface area (Å²) in [6, 6.07) is 19.6. The maximum absolute atomic E-state index is 13.2. The van der Waals surface area contributed by atoms with E-state index in [4.69, 9.17) is 0 Å². The monoisotopic (exact) mass is 842 g/mol. The minimum absolute atomic E-state index is 0.0923. The zero-order valence-electron chi connectivity index (χ0n) is 28.8. The van der Waals surface area contributed by atoms with Gasteiger partial charge in [0, 0.05) is 22.7 Å². The van der Waals surface area contributed by atoms with Gasteiger partial charge in [-0.05, 0) is 131 Å². The molecule has 0 heterocycles. The first kappa shape index (κ1) is 39.7. The molecule has 21 heteroatoms. The first-order valence-electron chi connectivity index (χ1n) is 15.8. The summed E-state index contributed by atoms with van der Waals surface area (Å²) in [5, 5.41) is 26.5. The van der Waals surface area contributed by atoms with Crippen LogP contribution in [0, 0.1) is 13.8 Å². The summed E-state index contributed by atoms with van der Waals surface area (Å²) < 4.78 is 122. The number of hydrogen-bond donors (Lipinski definition) is 8. The molecule has 0 bridgehead atoms. The molecule has 8 N–H and O–H groups in total. The average molecular weight is 843 g/mol. The van der Waals surface area contributed by atoms with E-state index in [1.54, 1.807) is 13.8 Å². The molecule has 0 unspecified atom stereocenters. The highest BCUT2D eigenvalue weighted by molar-refractivity contribution is 7.93. The molecule has 0 saturated carbocycles. The number of anilines is 4. The Morgan fingerprint density at radius 3 is 1.20 bits per heavy atom. The van der Waals surface area contributed by atoms with E-state index >= 15 is 0 Å². The Balaban J connectivity index is 1.11. The number of carbonyl (C=O) groups is 1. The van der Waals surface area contributed by atoms with Gasteiger partial charge < -0.3 is 20.8 Å². The molecule has 0 spiro atoms. The molecule has 6 rings (SSSR count). The number of phenolic OH excluding ortho intramolecular Hbond substituents is 2. The van der Waals surface area contributed by atoms with Gasteiger partial charge in [0.15, 0.2) is 0 Å². The van der Waals surface area contributed by atoms with E-state index in [9.17, 15) is 57.8 Å². The maximum Gasteiger partial charge on any atom is 0.323 e. The van der Waals surface area contributed by atoms with Crippen molar-refractivity contribution in [2.45, 2.75) is 33.4 Å². The first-order valence-corrected chi connectivity index (χ1v) is 21.7. The van der Waals surface area contributed by atoms with E-state index in [1.165, 1.54) is 72.8 Å². The number of urea groups is 1. The second-order valence-corrected chi connectivity index (χ2v) is 18.6. The minimum atomic E-state index is -4.69. The number of aromatic hydroxyl groups is 2. The van der Waals surface area contributed by atoms with E-state index in [1.807, 2.05) is 0 Å². The number of sulfonamides is 2. The number of rotatable bonds is 10. The molecule has 0 aliphatic heterocycles. The fourth-order valence-electron chi connectivity index (χ4n) is 5.66. The summed E-state index contributed by atoms with van der Waals surface area (Å²) in [4.78, 5) is 11.2. The van der Waals surface area contributed by atoms with Gasteiger partial charge in [0.2, 0.25) is 0 Å². The van der Waals surface area contributed by atoms with E-state index < -0.39 is 67.6 Å². The first-order chi connectivity index (χ1) is 26.0. The number of amides is 2.